The quantitative estimate of drug-likeness (QED) is 0.134. The molecule has 0 unspecified atom stereocenters. The van der Waals surface area contributed by atoms with Crippen molar-refractivity contribution in [3.63, 3.8) is 0 Å². The smallest absolute Gasteiger partial charge is 0.189 e. The van der Waals surface area contributed by atoms with Crippen molar-refractivity contribution in [1.82, 2.24) is 0 Å². The van der Waals surface area contributed by atoms with Crippen molar-refractivity contribution in [2.45, 2.75) is 13.8 Å². The van der Waals surface area contributed by atoms with Gasteiger partial charge in [0, 0.05) is 11.1 Å². The van der Waals surface area contributed by atoms with Crippen molar-refractivity contribution in [3.8, 4) is 45.5 Å². The predicted molar refractivity (Wildman–Crippen MR) is 239 cm³/mol. The number of nitriles is 2. The first-order valence-corrected chi connectivity index (χ1v) is 19.1. The second-order valence-corrected chi connectivity index (χ2v) is 15.3. The van der Waals surface area contributed by atoms with Gasteiger partial charge in [-0.05, 0) is 176 Å². The van der Waals surface area contributed by atoms with Gasteiger partial charge in [-0.1, -0.05) is 91.0 Å². The molecule has 0 saturated carbocycles. The third-order valence-electron chi connectivity index (χ3n) is 12.2. The highest BCUT2D eigenvalue weighted by Crippen LogP contribution is 2.56. The number of nitrogens with zero attached hydrogens (tertiary/aromatic N) is 4. The van der Waals surface area contributed by atoms with E-state index in [2.05, 4.69) is 133 Å². The molecule has 11 aromatic carbocycles. The highest BCUT2D eigenvalue weighted by atomic mass is 14.6. The van der Waals surface area contributed by atoms with Crippen LogP contribution < -0.4 is 0 Å². The van der Waals surface area contributed by atoms with Gasteiger partial charge in [-0.3, -0.25) is 0 Å². The number of fused-ring (bicyclic) bond motifs is 8. The molecule has 11 rings (SSSR count). The van der Waals surface area contributed by atoms with Crippen molar-refractivity contribution in [1.29, 1.82) is 10.5 Å². The van der Waals surface area contributed by atoms with Crippen molar-refractivity contribution in [2.75, 3.05) is 0 Å². The van der Waals surface area contributed by atoms with Gasteiger partial charge in [0.2, 0.25) is 0 Å². The molecule has 0 aliphatic rings. The molecule has 0 N–H and O–H groups in total. The van der Waals surface area contributed by atoms with Crippen LogP contribution in [0, 0.1) is 49.7 Å². The van der Waals surface area contributed by atoms with Crippen molar-refractivity contribution >= 4 is 86.8 Å². The minimum atomic E-state index is 0.396. The van der Waals surface area contributed by atoms with Crippen LogP contribution in [0.2, 0.25) is 0 Å². The highest BCUT2D eigenvalue weighted by Gasteiger charge is 2.28. The molecule has 4 heteroatoms. The topological polar surface area (TPSA) is 56.3 Å². The first kappa shape index (κ1) is 33.1. The average Bonchev–Trinajstić information content (AvgIpc) is 3.77. The van der Waals surface area contributed by atoms with Crippen LogP contribution in [0.4, 0.5) is 11.4 Å². The van der Waals surface area contributed by atoms with E-state index in [0.29, 0.717) is 22.5 Å². The Balaban J connectivity index is 1.49. The number of hydrogen-bond donors (Lipinski definition) is 0. The summed E-state index contributed by atoms with van der Waals surface area (Å²) in [5.74, 6) is 0. The maximum absolute atomic E-state index is 10.3. The van der Waals surface area contributed by atoms with E-state index in [9.17, 15) is 10.5 Å². The molecule has 0 radical (unpaired) electrons. The Morgan fingerprint density at radius 2 is 0.897 bits per heavy atom. The largest absolute Gasteiger partial charge is 0.238 e. The number of rotatable bonds is 3. The van der Waals surface area contributed by atoms with E-state index in [1.165, 1.54) is 22.1 Å². The van der Waals surface area contributed by atoms with Gasteiger partial charge in [0.1, 0.15) is 0 Å². The van der Waals surface area contributed by atoms with Crippen LogP contribution in [0.15, 0.2) is 133 Å². The Labute approximate surface area is 334 Å². The molecule has 0 aliphatic carbocycles. The molecule has 0 heterocycles. The van der Waals surface area contributed by atoms with E-state index in [1.807, 2.05) is 24.3 Å². The average molecular weight is 733 g/mol. The van der Waals surface area contributed by atoms with Crippen molar-refractivity contribution < 1.29 is 0 Å². The SMILES string of the molecule is [C-]#[N+]c1cc(C#N)cc(-c2c3cc4c5ccccc5c5cccc(c3c(-c3cc(C#N)cc([N+]#[C-])c3)c3c6cccc7c(-c8c(C)cccc8C)ccc(c23)c76)c54)c1. The van der Waals surface area contributed by atoms with Crippen LogP contribution in [-0.4, -0.2) is 0 Å². The lowest BCUT2D eigenvalue weighted by Crippen LogP contribution is -1.92. The van der Waals surface area contributed by atoms with Crippen molar-refractivity contribution in [2.24, 2.45) is 0 Å². The predicted octanol–water partition coefficient (Wildman–Crippen LogP) is 15.1. The van der Waals surface area contributed by atoms with Gasteiger partial charge in [0.15, 0.2) is 11.4 Å². The molecule has 0 fully saturated rings. The molecular weight excluding hydrogens is 705 g/mol. The van der Waals surface area contributed by atoms with Gasteiger partial charge in [0.05, 0.1) is 25.3 Å². The molecule has 0 saturated heterocycles. The summed E-state index contributed by atoms with van der Waals surface area (Å²) in [5, 5.41) is 35.9. The molecule has 11 aromatic rings. The Morgan fingerprint density at radius 3 is 1.53 bits per heavy atom. The van der Waals surface area contributed by atoms with Crippen LogP contribution in [0.5, 0.6) is 0 Å². The molecule has 58 heavy (non-hydrogen) atoms. The summed E-state index contributed by atoms with van der Waals surface area (Å²) >= 11 is 0. The number of hydrogen-bond acceptors (Lipinski definition) is 2. The molecule has 0 atom stereocenters. The third-order valence-corrected chi connectivity index (χ3v) is 12.2. The second-order valence-electron chi connectivity index (χ2n) is 15.3. The summed E-state index contributed by atoms with van der Waals surface area (Å²) in [7, 11) is 0. The number of benzene rings is 9. The Morgan fingerprint density at radius 1 is 0.397 bits per heavy atom. The molecule has 264 valence electrons. The lowest BCUT2D eigenvalue weighted by Gasteiger charge is -2.20. The van der Waals surface area contributed by atoms with E-state index in [1.54, 1.807) is 12.1 Å². The second kappa shape index (κ2) is 12.1. The van der Waals surface area contributed by atoms with E-state index in [4.69, 9.17) is 13.1 Å². The van der Waals surface area contributed by atoms with E-state index >= 15 is 0 Å². The Hall–Kier alpha value is -8.28. The summed E-state index contributed by atoms with van der Waals surface area (Å²) in [6.07, 6.45) is 0. The first-order valence-electron chi connectivity index (χ1n) is 19.1. The van der Waals surface area contributed by atoms with Gasteiger partial charge in [-0.25, -0.2) is 9.69 Å². The fourth-order valence-electron chi connectivity index (χ4n) is 10.0. The fourth-order valence-corrected chi connectivity index (χ4v) is 10.0. The molecule has 0 aromatic heterocycles. The van der Waals surface area contributed by atoms with Gasteiger partial charge < -0.3 is 0 Å². The van der Waals surface area contributed by atoms with Crippen molar-refractivity contribution in [3.05, 3.63) is 179 Å². The summed E-state index contributed by atoms with van der Waals surface area (Å²) in [6, 6.07) is 50.4. The molecule has 0 bridgehead atoms. The zero-order valence-corrected chi connectivity index (χ0v) is 31.5. The van der Waals surface area contributed by atoms with E-state index in [-0.39, 0.29) is 0 Å². The van der Waals surface area contributed by atoms with Crippen LogP contribution in [-0.2, 0) is 0 Å². The fraction of sp³-hybridized carbons (Fsp3) is 0.0370. The zero-order chi connectivity index (χ0) is 39.4. The zero-order valence-electron chi connectivity index (χ0n) is 31.5. The summed E-state index contributed by atoms with van der Waals surface area (Å²) in [5.41, 5.74) is 9.88. The molecule has 0 aliphatic heterocycles. The third kappa shape index (κ3) is 4.41. The van der Waals surface area contributed by atoms with Gasteiger partial charge in [-0.15, -0.1) is 0 Å². The Kier molecular flexibility index (Phi) is 6.91. The minimum Gasteiger partial charge on any atom is -0.238 e. The maximum Gasteiger partial charge on any atom is 0.189 e. The highest BCUT2D eigenvalue weighted by molar-refractivity contribution is 6.45. The summed E-state index contributed by atoms with van der Waals surface area (Å²) in [6.45, 7) is 20.5. The lowest BCUT2D eigenvalue weighted by molar-refractivity contribution is 1.39. The molecule has 0 amide bonds. The van der Waals surface area contributed by atoms with Crippen LogP contribution in [0.3, 0.4) is 0 Å². The van der Waals surface area contributed by atoms with E-state index < -0.39 is 0 Å². The molecule has 4 nitrogen and oxygen atoms in total. The standard InChI is InChI=1S/C54H28N4/c1-29-10-7-11-30(2)47(29)41-18-19-44-50-40(41)15-9-17-43(50)54-49(34-21-32(28-56)23-36(25-34)58-4)52-42-16-8-14-39-37-12-5-6-13-38(37)45(51(39)42)26-46(52)48(53(44)54)33-20-31(27-55)22-35(24-33)57-3/h5-26H,1-2H3. The Bertz CT molecular complexity index is 3720. The normalized spacial score (nSPS) is 11.6. The van der Waals surface area contributed by atoms with Crippen LogP contribution >= 0.6 is 0 Å². The molecular formula is C54H28N4. The summed E-state index contributed by atoms with van der Waals surface area (Å²) in [4.78, 5) is 7.69. The summed E-state index contributed by atoms with van der Waals surface area (Å²) < 4.78 is 0. The lowest BCUT2D eigenvalue weighted by atomic mass is 9.83. The monoisotopic (exact) mass is 732 g/mol. The maximum atomic E-state index is 10.3. The van der Waals surface area contributed by atoms with Gasteiger partial charge >= 0.3 is 0 Å². The van der Waals surface area contributed by atoms with Crippen LogP contribution in [0.25, 0.3) is 118 Å². The number of aryl methyl sites for hydroxylation is 2. The van der Waals surface area contributed by atoms with Crippen LogP contribution in [0.1, 0.15) is 22.3 Å². The van der Waals surface area contributed by atoms with Gasteiger partial charge in [0.25, 0.3) is 0 Å². The first-order chi connectivity index (χ1) is 28.4. The van der Waals surface area contributed by atoms with Gasteiger partial charge in [-0.2, -0.15) is 10.5 Å². The molecule has 0 spiro atoms. The minimum absolute atomic E-state index is 0.396. The van der Waals surface area contributed by atoms with E-state index in [0.717, 1.165) is 97.8 Å².